The topological polar surface area (TPSA) is 20.3 Å². The fourth-order valence-corrected chi connectivity index (χ4v) is 4.79. The first-order valence-electron chi connectivity index (χ1n) is 6.81. The third-order valence-electron chi connectivity index (χ3n) is 4.32. The van der Waals surface area contributed by atoms with Crippen LogP contribution in [0.1, 0.15) is 48.9 Å². The summed E-state index contributed by atoms with van der Waals surface area (Å²) in [7, 11) is 0. The number of hydrogen-bond donors (Lipinski definition) is 0. The van der Waals surface area contributed by atoms with Gasteiger partial charge in [-0.1, -0.05) is 12.8 Å². The van der Waals surface area contributed by atoms with Crippen molar-refractivity contribution in [1.29, 1.82) is 0 Å². The summed E-state index contributed by atoms with van der Waals surface area (Å²) in [6.07, 6.45) is 7.72. The number of piperidine rings is 1. The third-order valence-corrected chi connectivity index (χ3v) is 6.11. The molecule has 98 valence electrons. The molecule has 1 aliphatic carbocycles. The van der Waals surface area contributed by atoms with Gasteiger partial charge in [0.1, 0.15) is 0 Å². The van der Waals surface area contributed by atoms with E-state index in [9.17, 15) is 4.79 Å². The summed E-state index contributed by atoms with van der Waals surface area (Å²) in [4.78, 5) is 14.8. The SMILES string of the molecule is O=C(c1csc(I)c1)N1CCC[C@H]2CCCC[C@H]21. The van der Waals surface area contributed by atoms with E-state index < -0.39 is 0 Å². The van der Waals surface area contributed by atoms with Crippen molar-refractivity contribution in [3.05, 3.63) is 19.9 Å². The molecule has 2 heterocycles. The molecule has 0 unspecified atom stereocenters. The van der Waals surface area contributed by atoms with Gasteiger partial charge in [-0.25, -0.2) is 0 Å². The van der Waals surface area contributed by atoms with Gasteiger partial charge in [-0.2, -0.15) is 0 Å². The highest BCUT2D eigenvalue weighted by Crippen LogP contribution is 2.36. The molecule has 1 amide bonds. The van der Waals surface area contributed by atoms with Gasteiger partial charge < -0.3 is 4.90 Å². The highest BCUT2D eigenvalue weighted by molar-refractivity contribution is 14.1. The molecule has 2 aliphatic rings. The Hall–Kier alpha value is -0.100. The van der Waals surface area contributed by atoms with Gasteiger partial charge in [-0.05, 0) is 60.3 Å². The predicted octanol–water partition coefficient (Wildman–Crippen LogP) is 4.15. The number of thiophene rings is 1. The standard InChI is InChI=1S/C14H18INOS/c15-13-8-11(9-18-13)14(17)16-7-3-5-10-4-1-2-6-12(10)16/h8-10,12H,1-7H2/t10-,12-/m1/s1. The van der Waals surface area contributed by atoms with Crippen molar-refractivity contribution in [3.63, 3.8) is 0 Å². The summed E-state index contributed by atoms with van der Waals surface area (Å²) in [6.45, 7) is 0.965. The Kier molecular flexibility index (Phi) is 3.94. The fourth-order valence-electron chi connectivity index (χ4n) is 3.46. The van der Waals surface area contributed by atoms with Crippen molar-refractivity contribution < 1.29 is 4.79 Å². The van der Waals surface area contributed by atoms with Crippen LogP contribution in [-0.2, 0) is 0 Å². The number of fused-ring (bicyclic) bond motifs is 1. The van der Waals surface area contributed by atoms with Crippen LogP contribution >= 0.6 is 33.9 Å². The zero-order valence-electron chi connectivity index (χ0n) is 10.4. The first-order valence-corrected chi connectivity index (χ1v) is 8.76. The minimum atomic E-state index is 0.269. The Morgan fingerprint density at radius 1 is 1.28 bits per heavy atom. The molecule has 2 nitrogen and oxygen atoms in total. The second-order valence-electron chi connectivity index (χ2n) is 5.39. The van der Waals surface area contributed by atoms with E-state index in [2.05, 4.69) is 27.5 Å². The second kappa shape index (κ2) is 5.49. The van der Waals surface area contributed by atoms with Crippen LogP contribution in [0.15, 0.2) is 11.4 Å². The van der Waals surface area contributed by atoms with Crippen molar-refractivity contribution in [2.45, 2.75) is 44.6 Å². The van der Waals surface area contributed by atoms with E-state index in [0.29, 0.717) is 6.04 Å². The summed E-state index contributed by atoms with van der Waals surface area (Å²) in [5.74, 6) is 1.04. The molecule has 0 bridgehead atoms. The lowest BCUT2D eigenvalue weighted by molar-refractivity contribution is 0.0391. The van der Waals surface area contributed by atoms with Crippen molar-refractivity contribution in [2.24, 2.45) is 5.92 Å². The van der Waals surface area contributed by atoms with Crippen LogP contribution in [0.4, 0.5) is 0 Å². The average molecular weight is 375 g/mol. The Labute approximate surface area is 126 Å². The highest BCUT2D eigenvalue weighted by atomic mass is 127. The molecule has 18 heavy (non-hydrogen) atoms. The minimum Gasteiger partial charge on any atom is -0.335 e. The Morgan fingerprint density at radius 3 is 2.83 bits per heavy atom. The molecule has 0 spiro atoms. The molecule has 0 radical (unpaired) electrons. The van der Waals surface area contributed by atoms with E-state index in [1.165, 1.54) is 41.4 Å². The molecular weight excluding hydrogens is 357 g/mol. The molecular formula is C14H18INOS. The second-order valence-corrected chi connectivity index (χ2v) is 8.20. The number of carbonyl (C=O) groups excluding carboxylic acids is 1. The lowest BCUT2D eigenvalue weighted by Gasteiger charge is -2.44. The minimum absolute atomic E-state index is 0.269. The summed E-state index contributed by atoms with van der Waals surface area (Å²) < 4.78 is 1.20. The molecule has 0 aromatic carbocycles. The number of carbonyl (C=O) groups is 1. The maximum absolute atomic E-state index is 12.6. The van der Waals surface area contributed by atoms with Gasteiger partial charge in [-0.15, -0.1) is 11.3 Å². The first-order chi connectivity index (χ1) is 8.75. The molecule has 1 saturated carbocycles. The molecule has 3 rings (SSSR count). The maximum atomic E-state index is 12.6. The van der Waals surface area contributed by atoms with Crippen molar-refractivity contribution in [2.75, 3.05) is 6.54 Å². The summed E-state index contributed by atoms with van der Waals surface area (Å²) in [6, 6.07) is 2.55. The van der Waals surface area contributed by atoms with E-state index in [1.54, 1.807) is 11.3 Å². The quantitative estimate of drug-likeness (QED) is 0.676. The van der Waals surface area contributed by atoms with Gasteiger partial charge >= 0.3 is 0 Å². The van der Waals surface area contributed by atoms with Crippen LogP contribution in [0, 0.1) is 8.80 Å². The Morgan fingerprint density at radius 2 is 2.06 bits per heavy atom. The van der Waals surface area contributed by atoms with E-state index in [4.69, 9.17) is 0 Å². The van der Waals surface area contributed by atoms with E-state index >= 15 is 0 Å². The predicted molar refractivity (Wildman–Crippen MR) is 83.1 cm³/mol. The molecule has 4 heteroatoms. The number of amides is 1. The van der Waals surface area contributed by atoms with Gasteiger partial charge in [0.25, 0.3) is 5.91 Å². The Balaban J connectivity index is 1.79. The highest BCUT2D eigenvalue weighted by Gasteiger charge is 2.36. The number of nitrogens with zero attached hydrogens (tertiary/aromatic N) is 1. The first kappa shape index (κ1) is 12.9. The molecule has 1 aromatic rings. The molecule has 1 aliphatic heterocycles. The summed E-state index contributed by atoms with van der Waals surface area (Å²) in [5, 5.41) is 2.01. The van der Waals surface area contributed by atoms with Gasteiger partial charge in [-0.3, -0.25) is 4.79 Å². The summed E-state index contributed by atoms with van der Waals surface area (Å²) in [5.41, 5.74) is 0.899. The van der Waals surface area contributed by atoms with E-state index in [-0.39, 0.29) is 5.91 Å². The monoisotopic (exact) mass is 375 g/mol. The largest absolute Gasteiger partial charge is 0.335 e. The number of hydrogen-bond acceptors (Lipinski definition) is 2. The van der Waals surface area contributed by atoms with Crippen LogP contribution in [-0.4, -0.2) is 23.4 Å². The Bertz CT molecular complexity index is 443. The van der Waals surface area contributed by atoms with Crippen molar-refractivity contribution >= 4 is 39.8 Å². The van der Waals surface area contributed by atoms with Crippen LogP contribution in [0.2, 0.25) is 0 Å². The van der Waals surface area contributed by atoms with E-state index in [1.807, 2.05) is 11.4 Å². The number of rotatable bonds is 1. The zero-order valence-corrected chi connectivity index (χ0v) is 13.4. The molecule has 2 atom stereocenters. The molecule has 0 N–H and O–H groups in total. The van der Waals surface area contributed by atoms with Crippen LogP contribution in [0.5, 0.6) is 0 Å². The normalized spacial score (nSPS) is 27.9. The van der Waals surface area contributed by atoms with Crippen LogP contribution < -0.4 is 0 Å². The van der Waals surface area contributed by atoms with Gasteiger partial charge in [0.15, 0.2) is 0 Å². The zero-order chi connectivity index (χ0) is 12.5. The smallest absolute Gasteiger partial charge is 0.254 e. The van der Waals surface area contributed by atoms with Crippen LogP contribution in [0.3, 0.4) is 0 Å². The molecule has 2 fully saturated rings. The summed E-state index contributed by atoms with van der Waals surface area (Å²) >= 11 is 3.96. The van der Waals surface area contributed by atoms with Crippen LogP contribution in [0.25, 0.3) is 0 Å². The number of likely N-dealkylation sites (tertiary alicyclic amines) is 1. The lowest BCUT2D eigenvalue weighted by atomic mass is 9.78. The van der Waals surface area contributed by atoms with Gasteiger partial charge in [0, 0.05) is 18.0 Å². The van der Waals surface area contributed by atoms with Crippen molar-refractivity contribution in [3.8, 4) is 0 Å². The van der Waals surface area contributed by atoms with E-state index in [0.717, 1.165) is 18.0 Å². The number of halogens is 1. The fraction of sp³-hybridized carbons (Fsp3) is 0.643. The maximum Gasteiger partial charge on any atom is 0.254 e. The van der Waals surface area contributed by atoms with Crippen molar-refractivity contribution in [1.82, 2.24) is 4.90 Å². The third kappa shape index (κ3) is 2.46. The molecule has 1 saturated heterocycles. The van der Waals surface area contributed by atoms with Gasteiger partial charge in [0.05, 0.1) is 8.45 Å². The molecule has 1 aromatic heterocycles. The average Bonchev–Trinajstić information content (AvgIpc) is 2.84. The van der Waals surface area contributed by atoms with Gasteiger partial charge in [0.2, 0.25) is 0 Å². The lowest BCUT2D eigenvalue weighted by Crippen LogP contribution is -2.49.